The molecule has 3 rings (SSSR count). The third-order valence-electron chi connectivity index (χ3n) is 5.51. The van der Waals surface area contributed by atoms with E-state index in [9.17, 15) is 5.11 Å². The van der Waals surface area contributed by atoms with Gasteiger partial charge in [-0.05, 0) is 62.1 Å². The van der Waals surface area contributed by atoms with Crippen LogP contribution in [0.4, 0.5) is 0 Å². The molecule has 3 nitrogen and oxygen atoms in total. The van der Waals surface area contributed by atoms with Crippen molar-refractivity contribution in [2.75, 3.05) is 13.6 Å². The predicted octanol–water partition coefficient (Wildman–Crippen LogP) is 4.93. The number of rotatable bonds is 2. The lowest BCUT2D eigenvalue weighted by Gasteiger charge is -2.46. The van der Waals surface area contributed by atoms with Gasteiger partial charge in [0.1, 0.15) is 5.75 Å². The molecule has 0 aromatic heterocycles. The van der Waals surface area contributed by atoms with Crippen LogP contribution in [0.1, 0.15) is 44.7 Å². The van der Waals surface area contributed by atoms with Crippen molar-refractivity contribution in [3.05, 3.63) is 64.2 Å². The van der Waals surface area contributed by atoms with E-state index in [-0.39, 0.29) is 11.8 Å². The maximum absolute atomic E-state index is 10.2. The highest BCUT2D eigenvalue weighted by atomic mass is 35.5. The van der Waals surface area contributed by atoms with Crippen LogP contribution in [0.3, 0.4) is 0 Å². The van der Waals surface area contributed by atoms with Gasteiger partial charge in [-0.1, -0.05) is 55.8 Å². The zero-order valence-electron chi connectivity index (χ0n) is 16.3. The fourth-order valence-electron chi connectivity index (χ4n) is 4.23. The van der Waals surface area contributed by atoms with Crippen LogP contribution in [-0.2, 0) is 12.0 Å². The Bertz CT molecular complexity index is 738. The van der Waals surface area contributed by atoms with Crippen molar-refractivity contribution in [3.63, 3.8) is 0 Å². The minimum Gasteiger partial charge on any atom is -0.506 e. The molecule has 2 aliphatic rings. The number of nitrogens with two attached hydrogens (primary N) is 1. The summed E-state index contributed by atoms with van der Waals surface area (Å²) in [6, 6.07) is 3.83. The molecule has 4 heteroatoms. The summed E-state index contributed by atoms with van der Waals surface area (Å²) in [5.41, 5.74) is 11.0. The first-order chi connectivity index (χ1) is 12.4. The van der Waals surface area contributed by atoms with Crippen LogP contribution in [-0.4, -0.2) is 29.6 Å². The van der Waals surface area contributed by atoms with Gasteiger partial charge in [-0.3, -0.25) is 0 Å². The number of phenols is 1. The fraction of sp³-hybridized carbons (Fsp3) is 0.455. The number of allylic oxidation sites excluding steroid dienone is 3. The standard InChI is InChI=1S/C20H25ClN2O.C2H6/c1-4-5-6-15-13(2)7-8-19-20(15,22)16-12-18(24)17(21)11-14(16)9-10-23(19)3;1-2/h4-6,11-12,19,24H,1,7-10,22H2,2-3H3;1-2H3/b6-5-;/t19-,20?;/m0./s1. The van der Waals surface area contributed by atoms with E-state index < -0.39 is 5.54 Å². The molecule has 1 aliphatic carbocycles. The Hall–Kier alpha value is -1.55. The van der Waals surface area contributed by atoms with Gasteiger partial charge in [-0.25, -0.2) is 0 Å². The molecular formula is C22H31ClN2O. The number of benzene rings is 1. The average Bonchev–Trinajstić information content (AvgIpc) is 2.72. The maximum atomic E-state index is 10.2. The second kappa shape index (κ2) is 8.43. The summed E-state index contributed by atoms with van der Waals surface area (Å²) in [6.07, 6.45) is 8.69. The fourth-order valence-corrected chi connectivity index (χ4v) is 4.42. The number of nitrogens with zero attached hydrogens (tertiary/aromatic N) is 1. The third-order valence-corrected chi connectivity index (χ3v) is 5.81. The molecule has 1 heterocycles. The maximum Gasteiger partial charge on any atom is 0.134 e. The quantitative estimate of drug-likeness (QED) is 0.721. The molecule has 0 saturated heterocycles. The minimum atomic E-state index is -0.662. The van der Waals surface area contributed by atoms with E-state index in [1.807, 2.05) is 26.0 Å². The average molecular weight is 375 g/mol. The zero-order chi connectivity index (χ0) is 19.5. The van der Waals surface area contributed by atoms with Crippen molar-refractivity contribution in [1.29, 1.82) is 0 Å². The van der Waals surface area contributed by atoms with Gasteiger partial charge in [0, 0.05) is 12.6 Å². The van der Waals surface area contributed by atoms with Crippen molar-refractivity contribution < 1.29 is 5.11 Å². The van der Waals surface area contributed by atoms with Crippen LogP contribution in [0, 0.1) is 0 Å². The van der Waals surface area contributed by atoms with Crippen molar-refractivity contribution in [2.45, 2.75) is 51.6 Å². The predicted molar refractivity (Wildman–Crippen MR) is 112 cm³/mol. The number of hydrogen-bond donors (Lipinski definition) is 2. The minimum absolute atomic E-state index is 0.0961. The summed E-state index contributed by atoms with van der Waals surface area (Å²) in [4.78, 5) is 2.35. The summed E-state index contributed by atoms with van der Waals surface area (Å²) >= 11 is 6.16. The van der Waals surface area contributed by atoms with E-state index in [2.05, 4.69) is 31.5 Å². The van der Waals surface area contributed by atoms with Crippen molar-refractivity contribution in [2.24, 2.45) is 5.73 Å². The van der Waals surface area contributed by atoms with Crippen molar-refractivity contribution >= 4 is 11.6 Å². The smallest absolute Gasteiger partial charge is 0.134 e. The van der Waals surface area contributed by atoms with Gasteiger partial charge < -0.3 is 15.7 Å². The second-order valence-corrected chi connectivity index (χ2v) is 7.31. The van der Waals surface area contributed by atoms with Crippen LogP contribution in [0.25, 0.3) is 0 Å². The summed E-state index contributed by atoms with van der Waals surface area (Å²) in [5, 5.41) is 10.6. The molecule has 3 N–H and O–H groups in total. The zero-order valence-corrected chi connectivity index (χ0v) is 17.1. The monoisotopic (exact) mass is 374 g/mol. The van der Waals surface area contributed by atoms with E-state index in [0.29, 0.717) is 5.02 Å². The lowest BCUT2D eigenvalue weighted by atomic mass is 9.68. The molecule has 142 valence electrons. The molecule has 0 spiro atoms. The van der Waals surface area contributed by atoms with Crippen LogP contribution >= 0.6 is 11.6 Å². The topological polar surface area (TPSA) is 49.5 Å². The van der Waals surface area contributed by atoms with Crippen molar-refractivity contribution in [3.8, 4) is 5.75 Å². The van der Waals surface area contributed by atoms with Gasteiger partial charge in [-0.2, -0.15) is 0 Å². The van der Waals surface area contributed by atoms with E-state index >= 15 is 0 Å². The van der Waals surface area contributed by atoms with Crippen LogP contribution in [0.15, 0.2) is 48.1 Å². The van der Waals surface area contributed by atoms with E-state index in [0.717, 1.165) is 42.5 Å². The Morgan fingerprint density at radius 3 is 2.69 bits per heavy atom. The molecule has 0 radical (unpaired) electrons. The molecule has 0 saturated carbocycles. The van der Waals surface area contributed by atoms with E-state index in [1.54, 1.807) is 12.1 Å². The van der Waals surface area contributed by atoms with Gasteiger partial charge in [0.05, 0.1) is 10.6 Å². The Morgan fingerprint density at radius 1 is 1.35 bits per heavy atom. The highest BCUT2D eigenvalue weighted by Gasteiger charge is 2.47. The number of halogens is 1. The summed E-state index contributed by atoms with van der Waals surface area (Å²) in [7, 11) is 2.13. The first-order valence-electron chi connectivity index (χ1n) is 9.40. The largest absolute Gasteiger partial charge is 0.506 e. The lowest BCUT2D eigenvalue weighted by molar-refractivity contribution is 0.161. The number of likely N-dealkylation sites (N-methyl/N-ethyl adjacent to an activating group) is 1. The Kier molecular flexibility index (Phi) is 6.73. The summed E-state index contributed by atoms with van der Waals surface area (Å²) in [6.45, 7) is 10.9. The second-order valence-electron chi connectivity index (χ2n) is 6.90. The molecule has 1 aromatic carbocycles. The molecule has 26 heavy (non-hydrogen) atoms. The molecule has 0 bridgehead atoms. The Balaban J connectivity index is 0.00000117. The lowest BCUT2D eigenvalue weighted by Crippen LogP contribution is -2.57. The molecule has 1 aromatic rings. The van der Waals surface area contributed by atoms with Gasteiger partial charge in [-0.15, -0.1) is 0 Å². The summed E-state index contributed by atoms with van der Waals surface area (Å²) < 4.78 is 0. The molecule has 0 amide bonds. The van der Waals surface area contributed by atoms with Gasteiger partial charge in [0.2, 0.25) is 0 Å². The van der Waals surface area contributed by atoms with E-state index in [4.69, 9.17) is 17.3 Å². The highest BCUT2D eigenvalue weighted by Crippen LogP contribution is 2.46. The SMILES string of the molecule is C=C/C=C\C1=C(C)CC[C@@H]2N(C)CCc3cc(Cl)c(O)cc3C12N.CC. The Morgan fingerprint density at radius 2 is 2.04 bits per heavy atom. The van der Waals surface area contributed by atoms with Crippen LogP contribution in [0.2, 0.25) is 5.02 Å². The molecular weight excluding hydrogens is 344 g/mol. The number of aromatic hydroxyl groups is 1. The van der Waals surface area contributed by atoms with Crippen LogP contribution in [0.5, 0.6) is 5.75 Å². The Labute approximate surface area is 162 Å². The molecule has 1 unspecified atom stereocenters. The first kappa shape index (κ1) is 20.8. The van der Waals surface area contributed by atoms with Gasteiger partial charge in [0.15, 0.2) is 0 Å². The molecule has 1 aliphatic heterocycles. The first-order valence-corrected chi connectivity index (χ1v) is 9.77. The van der Waals surface area contributed by atoms with Crippen molar-refractivity contribution in [1.82, 2.24) is 4.90 Å². The molecule has 0 fully saturated rings. The van der Waals surface area contributed by atoms with Crippen LogP contribution < -0.4 is 5.73 Å². The van der Waals surface area contributed by atoms with Gasteiger partial charge in [0.25, 0.3) is 0 Å². The number of phenolic OH excluding ortho intramolecular Hbond substituents is 1. The highest BCUT2D eigenvalue weighted by molar-refractivity contribution is 6.32. The number of fused-ring (bicyclic) bond motifs is 3. The van der Waals surface area contributed by atoms with Gasteiger partial charge >= 0.3 is 0 Å². The van der Waals surface area contributed by atoms with E-state index in [1.165, 1.54) is 5.57 Å². The third kappa shape index (κ3) is 3.48. The normalized spacial score (nSPS) is 25.8. The number of hydrogen-bond acceptors (Lipinski definition) is 3. The summed E-state index contributed by atoms with van der Waals surface area (Å²) in [5.74, 6) is 0.0961. The molecule has 2 atom stereocenters.